The molecule has 0 aromatic carbocycles. The van der Waals surface area contributed by atoms with Gasteiger partial charge in [0.25, 0.3) is 5.91 Å². The predicted molar refractivity (Wildman–Crippen MR) is 81.2 cm³/mol. The van der Waals surface area contributed by atoms with Gasteiger partial charge in [-0.1, -0.05) is 0 Å². The molecule has 2 rings (SSSR count). The van der Waals surface area contributed by atoms with Crippen molar-refractivity contribution in [2.75, 3.05) is 20.3 Å². The van der Waals surface area contributed by atoms with E-state index < -0.39 is 0 Å². The first-order valence-electron chi connectivity index (χ1n) is 6.46. The van der Waals surface area contributed by atoms with Crippen LogP contribution in [0.1, 0.15) is 28.2 Å². The van der Waals surface area contributed by atoms with Crippen LogP contribution in [0.15, 0.2) is 16.7 Å². The van der Waals surface area contributed by atoms with E-state index in [9.17, 15) is 4.79 Å². The van der Waals surface area contributed by atoms with E-state index in [-0.39, 0.29) is 5.91 Å². The molecule has 2 aromatic heterocycles. The fraction of sp³-hybridized carbons (Fsp3) is 0.429. The van der Waals surface area contributed by atoms with Crippen molar-refractivity contribution < 1.29 is 9.53 Å². The summed E-state index contributed by atoms with van der Waals surface area (Å²) in [7, 11) is 1.65. The van der Waals surface area contributed by atoms with Crippen LogP contribution < -0.4 is 5.32 Å². The minimum Gasteiger partial charge on any atom is -0.385 e. The number of nitrogens with zero attached hydrogens (tertiary/aromatic N) is 2. The van der Waals surface area contributed by atoms with Crippen molar-refractivity contribution in [1.29, 1.82) is 0 Å². The van der Waals surface area contributed by atoms with Gasteiger partial charge in [0.2, 0.25) is 0 Å². The molecular weight excluding hydrogens is 322 g/mol. The highest BCUT2D eigenvalue weighted by atomic mass is 79.9. The molecule has 1 amide bonds. The highest BCUT2D eigenvalue weighted by Crippen LogP contribution is 2.22. The van der Waals surface area contributed by atoms with Crippen LogP contribution in [0, 0.1) is 13.8 Å². The molecule has 0 aliphatic heterocycles. The molecule has 0 spiro atoms. The maximum Gasteiger partial charge on any atom is 0.270 e. The third-order valence-electron chi connectivity index (χ3n) is 3.01. The maximum atomic E-state index is 12.3. The van der Waals surface area contributed by atoms with Gasteiger partial charge >= 0.3 is 0 Å². The molecule has 6 heteroatoms. The Bertz CT molecular complexity index is 637. The van der Waals surface area contributed by atoms with Crippen LogP contribution in [0.3, 0.4) is 0 Å². The summed E-state index contributed by atoms with van der Waals surface area (Å²) in [6.45, 7) is 5.06. The number of imidazole rings is 1. The molecule has 0 saturated heterocycles. The van der Waals surface area contributed by atoms with Gasteiger partial charge in [-0.3, -0.25) is 9.20 Å². The van der Waals surface area contributed by atoms with E-state index >= 15 is 0 Å². The van der Waals surface area contributed by atoms with Crippen molar-refractivity contribution in [3.05, 3.63) is 33.7 Å². The summed E-state index contributed by atoms with van der Waals surface area (Å²) in [5, 5.41) is 2.90. The summed E-state index contributed by atoms with van der Waals surface area (Å²) in [6.07, 6.45) is 2.71. The third kappa shape index (κ3) is 3.02. The number of ether oxygens (including phenoxy) is 1. The number of amides is 1. The number of fused-ring (bicyclic) bond motifs is 1. The Kier molecular flexibility index (Phi) is 4.77. The Labute approximate surface area is 126 Å². The number of hydrogen-bond acceptors (Lipinski definition) is 3. The number of aryl methyl sites for hydroxylation is 2. The SMILES string of the molecule is COCCCNC(=O)c1c(C)nc2c(Br)cc(C)cn12. The number of pyridine rings is 1. The average Bonchev–Trinajstić information content (AvgIpc) is 2.71. The summed E-state index contributed by atoms with van der Waals surface area (Å²) < 4.78 is 7.69. The molecule has 0 bridgehead atoms. The lowest BCUT2D eigenvalue weighted by Crippen LogP contribution is -2.27. The number of halogens is 1. The van der Waals surface area contributed by atoms with Crippen LogP contribution in [-0.4, -0.2) is 35.6 Å². The molecule has 0 atom stereocenters. The zero-order valence-corrected chi connectivity index (χ0v) is 13.5. The fourth-order valence-electron chi connectivity index (χ4n) is 2.12. The second kappa shape index (κ2) is 6.37. The summed E-state index contributed by atoms with van der Waals surface area (Å²) >= 11 is 3.49. The smallest absolute Gasteiger partial charge is 0.270 e. The van der Waals surface area contributed by atoms with Crippen molar-refractivity contribution >= 4 is 27.5 Å². The lowest BCUT2D eigenvalue weighted by Gasteiger charge is -2.06. The lowest BCUT2D eigenvalue weighted by molar-refractivity contribution is 0.0942. The number of nitrogens with one attached hydrogen (secondary N) is 1. The van der Waals surface area contributed by atoms with E-state index in [0.717, 1.165) is 27.8 Å². The van der Waals surface area contributed by atoms with E-state index in [1.54, 1.807) is 7.11 Å². The van der Waals surface area contributed by atoms with Crippen molar-refractivity contribution in [3.8, 4) is 0 Å². The van der Waals surface area contributed by atoms with Crippen molar-refractivity contribution in [2.45, 2.75) is 20.3 Å². The van der Waals surface area contributed by atoms with Gasteiger partial charge in [-0.2, -0.15) is 0 Å². The van der Waals surface area contributed by atoms with Crippen LogP contribution in [0.25, 0.3) is 5.65 Å². The number of methoxy groups -OCH3 is 1. The Hall–Kier alpha value is -1.40. The molecule has 0 fully saturated rings. The fourth-order valence-corrected chi connectivity index (χ4v) is 2.76. The third-order valence-corrected chi connectivity index (χ3v) is 3.60. The minimum atomic E-state index is -0.108. The molecule has 0 unspecified atom stereocenters. The van der Waals surface area contributed by atoms with Crippen molar-refractivity contribution in [2.24, 2.45) is 0 Å². The first-order valence-corrected chi connectivity index (χ1v) is 7.26. The molecular formula is C14H18BrN3O2. The van der Waals surface area contributed by atoms with Crippen LogP contribution in [0.5, 0.6) is 0 Å². The Morgan fingerprint density at radius 2 is 2.25 bits per heavy atom. The van der Waals surface area contributed by atoms with Gasteiger partial charge in [0.15, 0.2) is 5.65 Å². The van der Waals surface area contributed by atoms with E-state index in [1.165, 1.54) is 0 Å². The minimum absolute atomic E-state index is 0.108. The topological polar surface area (TPSA) is 55.6 Å². The number of rotatable bonds is 5. The quantitative estimate of drug-likeness (QED) is 0.851. The summed E-state index contributed by atoms with van der Waals surface area (Å²) in [5.74, 6) is -0.108. The average molecular weight is 340 g/mol. The second-order valence-electron chi connectivity index (χ2n) is 4.71. The van der Waals surface area contributed by atoms with Gasteiger partial charge in [0, 0.05) is 26.5 Å². The Morgan fingerprint density at radius 1 is 1.50 bits per heavy atom. The monoisotopic (exact) mass is 339 g/mol. The largest absolute Gasteiger partial charge is 0.385 e. The molecule has 0 saturated carbocycles. The first-order chi connectivity index (χ1) is 9.54. The van der Waals surface area contributed by atoms with E-state index in [0.29, 0.717) is 18.8 Å². The first kappa shape index (κ1) is 15.0. The molecule has 2 aromatic rings. The molecule has 0 aliphatic carbocycles. The van der Waals surface area contributed by atoms with Crippen molar-refractivity contribution in [1.82, 2.24) is 14.7 Å². The highest BCUT2D eigenvalue weighted by Gasteiger charge is 2.17. The maximum absolute atomic E-state index is 12.3. The number of carbonyl (C=O) groups excluding carboxylic acids is 1. The number of aromatic nitrogens is 2. The van der Waals surface area contributed by atoms with Gasteiger partial charge < -0.3 is 10.1 Å². The summed E-state index contributed by atoms with van der Waals surface area (Å²) in [4.78, 5) is 16.7. The molecule has 0 aliphatic rings. The summed E-state index contributed by atoms with van der Waals surface area (Å²) in [5.41, 5.74) is 3.13. The van der Waals surface area contributed by atoms with Crippen LogP contribution >= 0.6 is 15.9 Å². The standard InChI is InChI=1S/C14H18BrN3O2/c1-9-7-11(15)13-17-10(2)12(18(13)8-9)14(19)16-5-4-6-20-3/h7-8H,4-6H2,1-3H3,(H,16,19). The van der Waals surface area contributed by atoms with E-state index in [1.807, 2.05) is 30.5 Å². The van der Waals surface area contributed by atoms with Crippen LogP contribution in [-0.2, 0) is 4.74 Å². The second-order valence-corrected chi connectivity index (χ2v) is 5.56. The normalized spacial score (nSPS) is 11.0. The van der Waals surface area contributed by atoms with Gasteiger partial charge in [-0.05, 0) is 47.8 Å². The van der Waals surface area contributed by atoms with Gasteiger partial charge in [-0.15, -0.1) is 0 Å². The molecule has 0 radical (unpaired) electrons. The van der Waals surface area contributed by atoms with Gasteiger partial charge in [0.05, 0.1) is 10.2 Å². The number of hydrogen-bond donors (Lipinski definition) is 1. The van der Waals surface area contributed by atoms with Gasteiger partial charge in [-0.25, -0.2) is 4.98 Å². The predicted octanol–water partition coefficient (Wildman–Crippen LogP) is 2.48. The summed E-state index contributed by atoms with van der Waals surface area (Å²) in [6, 6.07) is 1.99. The Balaban J connectivity index is 2.29. The van der Waals surface area contributed by atoms with Gasteiger partial charge in [0.1, 0.15) is 5.69 Å². The molecule has 20 heavy (non-hydrogen) atoms. The zero-order valence-electron chi connectivity index (χ0n) is 11.9. The van der Waals surface area contributed by atoms with Crippen LogP contribution in [0.4, 0.5) is 0 Å². The molecule has 2 heterocycles. The zero-order chi connectivity index (χ0) is 14.7. The number of carbonyl (C=O) groups is 1. The Morgan fingerprint density at radius 3 is 2.95 bits per heavy atom. The van der Waals surface area contributed by atoms with Crippen molar-refractivity contribution in [3.63, 3.8) is 0 Å². The highest BCUT2D eigenvalue weighted by molar-refractivity contribution is 9.10. The van der Waals surface area contributed by atoms with E-state index in [4.69, 9.17) is 4.74 Å². The molecule has 108 valence electrons. The lowest BCUT2D eigenvalue weighted by atomic mass is 10.3. The van der Waals surface area contributed by atoms with E-state index in [2.05, 4.69) is 26.2 Å². The van der Waals surface area contributed by atoms with Crippen LogP contribution in [0.2, 0.25) is 0 Å². The molecule has 5 nitrogen and oxygen atoms in total. The molecule has 1 N–H and O–H groups in total.